The highest BCUT2D eigenvalue weighted by atomic mass is 35.5. The van der Waals surface area contributed by atoms with Gasteiger partial charge in [0.1, 0.15) is 0 Å². The van der Waals surface area contributed by atoms with E-state index in [0.29, 0.717) is 0 Å². The van der Waals surface area contributed by atoms with Crippen molar-refractivity contribution in [3.05, 3.63) is 29.3 Å². The van der Waals surface area contributed by atoms with Crippen molar-refractivity contribution >= 4 is 41.0 Å². The van der Waals surface area contributed by atoms with Crippen LogP contribution in [0.2, 0.25) is 5.02 Å². The van der Waals surface area contributed by atoms with Gasteiger partial charge in [-0.25, -0.2) is 0 Å². The normalized spacial score (nSPS) is 17.2. The van der Waals surface area contributed by atoms with Crippen LogP contribution in [0.15, 0.2) is 29.2 Å². The summed E-state index contributed by atoms with van der Waals surface area (Å²) in [4.78, 5) is 13.2. The summed E-state index contributed by atoms with van der Waals surface area (Å²) < 4.78 is 0. The second-order valence-corrected chi connectivity index (χ2v) is 8.89. The van der Waals surface area contributed by atoms with E-state index < -0.39 is 0 Å². The van der Waals surface area contributed by atoms with E-state index in [1.165, 1.54) is 32.1 Å². The number of hydrogen-bond acceptors (Lipinski definition) is 3. The van der Waals surface area contributed by atoms with Crippen molar-refractivity contribution in [2.45, 2.75) is 54.4 Å². The van der Waals surface area contributed by atoms with Gasteiger partial charge in [-0.3, -0.25) is 4.79 Å². The van der Waals surface area contributed by atoms with Crippen LogP contribution in [0.3, 0.4) is 0 Å². The van der Waals surface area contributed by atoms with E-state index in [1.54, 1.807) is 11.8 Å². The molecule has 1 fully saturated rings. The number of rotatable bonds is 7. The van der Waals surface area contributed by atoms with Gasteiger partial charge in [-0.1, -0.05) is 30.9 Å². The third kappa shape index (κ3) is 6.43. The van der Waals surface area contributed by atoms with Crippen molar-refractivity contribution in [2.75, 3.05) is 12.3 Å². The first kappa shape index (κ1) is 18.0. The molecule has 1 N–H and O–H groups in total. The highest BCUT2D eigenvalue weighted by Crippen LogP contribution is 2.28. The van der Waals surface area contributed by atoms with Gasteiger partial charge in [0.05, 0.1) is 5.25 Å². The third-order valence-corrected chi connectivity index (χ3v) is 6.55. The largest absolute Gasteiger partial charge is 0.354 e. The summed E-state index contributed by atoms with van der Waals surface area (Å²) in [6.45, 7) is 2.72. The summed E-state index contributed by atoms with van der Waals surface area (Å²) in [6.07, 6.45) is 6.84. The maximum atomic E-state index is 12.1. The lowest BCUT2D eigenvalue weighted by Crippen LogP contribution is -2.32. The van der Waals surface area contributed by atoms with E-state index in [2.05, 4.69) is 5.32 Å². The standard InChI is InChI=1S/C17H24ClNOS2/c1-13(22-16-9-7-14(18)8-10-16)17(20)19-11-12-21-15-5-3-2-4-6-15/h7-10,13,15H,2-6,11-12H2,1H3,(H,19,20)/t13-/m1/s1. The molecule has 2 nitrogen and oxygen atoms in total. The predicted octanol–water partition coefficient (Wildman–Crippen LogP) is 5.00. The highest BCUT2D eigenvalue weighted by Gasteiger charge is 2.15. The lowest BCUT2D eigenvalue weighted by molar-refractivity contribution is -0.120. The van der Waals surface area contributed by atoms with Crippen molar-refractivity contribution in [1.82, 2.24) is 5.32 Å². The fourth-order valence-electron chi connectivity index (χ4n) is 2.55. The van der Waals surface area contributed by atoms with Gasteiger partial charge in [-0.05, 0) is 44.0 Å². The summed E-state index contributed by atoms with van der Waals surface area (Å²) in [5, 5.41) is 4.50. The molecule has 0 unspecified atom stereocenters. The summed E-state index contributed by atoms with van der Waals surface area (Å²) in [6, 6.07) is 7.62. The Morgan fingerprint density at radius 2 is 1.95 bits per heavy atom. The van der Waals surface area contributed by atoms with Gasteiger partial charge in [0.25, 0.3) is 0 Å². The Kier molecular flexibility index (Phi) is 7.98. The number of hydrogen-bond donors (Lipinski definition) is 1. The third-order valence-electron chi connectivity index (χ3n) is 3.80. The Balaban J connectivity index is 1.62. The Morgan fingerprint density at radius 3 is 2.64 bits per heavy atom. The van der Waals surface area contributed by atoms with Crippen LogP contribution in [0.5, 0.6) is 0 Å². The molecule has 0 aromatic heterocycles. The minimum Gasteiger partial charge on any atom is -0.354 e. The fourth-order valence-corrected chi connectivity index (χ4v) is 4.78. The molecule has 0 radical (unpaired) electrons. The van der Waals surface area contributed by atoms with E-state index in [1.807, 2.05) is 43.0 Å². The molecule has 1 aromatic carbocycles. The molecule has 122 valence electrons. The van der Waals surface area contributed by atoms with Crippen molar-refractivity contribution in [3.8, 4) is 0 Å². The fraction of sp³-hybridized carbons (Fsp3) is 0.588. The van der Waals surface area contributed by atoms with E-state index in [-0.39, 0.29) is 11.2 Å². The summed E-state index contributed by atoms with van der Waals surface area (Å²) in [7, 11) is 0. The van der Waals surface area contributed by atoms with Gasteiger partial charge in [0, 0.05) is 27.5 Å². The Hall–Kier alpha value is -0.320. The lowest BCUT2D eigenvalue weighted by Gasteiger charge is -2.21. The zero-order valence-corrected chi connectivity index (χ0v) is 15.4. The Bertz CT molecular complexity index is 460. The average molecular weight is 358 g/mol. The molecular formula is C17H24ClNOS2. The molecule has 0 spiro atoms. The summed E-state index contributed by atoms with van der Waals surface area (Å²) in [5.41, 5.74) is 0. The SMILES string of the molecule is C[C@@H](Sc1ccc(Cl)cc1)C(=O)NCCSC1CCCCC1. The van der Waals surface area contributed by atoms with Crippen LogP contribution >= 0.6 is 35.1 Å². The molecule has 5 heteroatoms. The summed E-state index contributed by atoms with van der Waals surface area (Å²) in [5.74, 6) is 1.14. The second kappa shape index (κ2) is 9.74. The second-order valence-electron chi connectivity index (χ2n) is 5.64. The molecule has 1 aromatic rings. The molecule has 0 heterocycles. The van der Waals surface area contributed by atoms with E-state index in [4.69, 9.17) is 11.6 Å². The van der Waals surface area contributed by atoms with Crippen LogP contribution in [0.4, 0.5) is 0 Å². The Morgan fingerprint density at radius 1 is 1.27 bits per heavy atom. The first-order valence-electron chi connectivity index (χ1n) is 7.96. The number of amides is 1. The van der Waals surface area contributed by atoms with Crippen molar-refractivity contribution in [3.63, 3.8) is 0 Å². The highest BCUT2D eigenvalue weighted by molar-refractivity contribution is 8.00. The maximum absolute atomic E-state index is 12.1. The van der Waals surface area contributed by atoms with E-state index in [0.717, 1.165) is 27.5 Å². The van der Waals surface area contributed by atoms with Gasteiger partial charge in [-0.15, -0.1) is 11.8 Å². The van der Waals surface area contributed by atoms with Gasteiger partial charge in [-0.2, -0.15) is 11.8 Å². The van der Waals surface area contributed by atoms with Crippen molar-refractivity contribution < 1.29 is 4.79 Å². The van der Waals surface area contributed by atoms with Crippen LogP contribution in [0.25, 0.3) is 0 Å². The molecule has 1 saturated carbocycles. The first-order chi connectivity index (χ1) is 10.6. The number of benzene rings is 1. The molecular weight excluding hydrogens is 334 g/mol. The molecule has 2 rings (SSSR count). The van der Waals surface area contributed by atoms with Crippen molar-refractivity contribution in [1.29, 1.82) is 0 Å². The molecule has 1 atom stereocenters. The number of carbonyl (C=O) groups is 1. The topological polar surface area (TPSA) is 29.1 Å². The quantitative estimate of drug-likeness (QED) is 0.549. The number of nitrogens with one attached hydrogen (secondary N) is 1. The summed E-state index contributed by atoms with van der Waals surface area (Å²) >= 11 is 9.46. The zero-order chi connectivity index (χ0) is 15.8. The number of halogens is 1. The monoisotopic (exact) mass is 357 g/mol. The van der Waals surface area contributed by atoms with Crippen molar-refractivity contribution in [2.24, 2.45) is 0 Å². The zero-order valence-electron chi connectivity index (χ0n) is 13.0. The molecule has 1 aliphatic rings. The molecule has 22 heavy (non-hydrogen) atoms. The van der Waals surface area contributed by atoms with Gasteiger partial charge >= 0.3 is 0 Å². The van der Waals surface area contributed by atoms with Gasteiger partial charge in [0.15, 0.2) is 0 Å². The van der Waals surface area contributed by atoms with Crippen LogP contribution in [0.1, 0.15) is 39.0 Å². The maximum Gasteiger partial charge on any atom is 0.233 e. The van der Waals surface area contributed by atoms with Crippen LogP contribution < -0.4 is 5.32 Å². The molecule has 0 aliphatic heterocycles. The first-order valence-corrected chi connectivity index (χ1v) is 10.3. The molecule has 0 bridgehead atoms. The predicted molar refractivity (Wildman–Crippen MR) is 99.1 cm³/mol. The molecule has 0 saturated heterocycles. The molecule has 1 aliphatic carbocycles. The Labute approximate surface area is 147 Å². The van der Waals surface area contributed by atoms with Crippen LogP contribution in [0, 0.1) is 0 Å². The van der Waals surface area contributed by atoms with Gasteiger partial charge < -0.3 is 5.32 Å². The van der Waals surface area contributed by atoms with E-state index in [9.17, 15) is 4.79 Å². The number of carbonyl (C=O) groups excluding carboxylic acids is 1. The minimum atomic E-state index is -0.0825. The smallest absolute Gasteiger partial charge is 0.233 e. The minimum absolute atomic E-state index is 0.0825. The van der Waals surface area contributed by atoms with Crippen LogP contribution in [-0.4, -0.2) is 28.7 Å². The van der Waals surface area contributed by atoms with Crippen LogP contribution in [-0.2, 0) is 4.79 Å². The lowest BCUT2D eigenvalue weighted by atomic mass is 10.0. The molecule has 1 amide bonds. The van der Waals surface area contributed by atoms with E-state index >= 15 is 0 Å². The number of thioether (sulfide) groups is 2. The average Bonchev–Trinajstić information content (AvgIpc) is 2.54. The van der Waals surface area contributed by atoms with Gasteiger partial charge in [0.2, 0.25) is 5.91 Å².